The van der Waals surface area contributed by atoms with E-state index in [9.17, 15) is 22.8 Å². The van der Waals surface area contributed by atoms with Crippen molar-refractivity contribution in [1.82, 2.24) is 29.1 Å². The number of carbonyl (C=O) groups excluding carboxylic acids is 3. The third-order valence-corrected chi connectivity index (χ3v) is 7.36. The lowest BCUT2D eigenvalue weighted by atomic mass is 10.2. The van der Waals surface area contributed by atoms with Gasteiger partial charge in [0.15, 0.2) is 0 Å². The Morgan fingerprint density at radius 2 is 1.76 bits per heavy atom. The van der Waals surface area contributed by atoms with Gasteiger partial charge in [0.2, 0.25) is 33.1 Å². The van der Waals surface area contributed by atoms with Crippen molar-refractivity contribution in [1.29, 1.82) is 0 Å². The molecular weight excluding hydrogens is 526 g/mol. The highest BCUT2D eigenvalue weighted by atomic mass is 35.5. The van der Waals surface area contributed by atoms with Crippen LogP contribution in [0.1, 0.15) is 12.8 Å². The molecule has 194 valence electrons. The van der Waals surface area contributed by atoms with Gasteiger partial charge in [-0.3, -0.25) is 14.9 Å². The third-order valence-electron chi connectivity index (χ3n) is 5.39. The second kappa shape index (κ2) is 10.3. The number of hydrogen-bond acceptors (Lipinski definition) is 10. The molecule has 2 N–H and O–H groups in total. The molecule has 0 bridgehead atoms. The van der Waals surface area contributed by atoms with Crippen molar-refractivity contribution in [2.75, 3.05) is 32.5 Å². The van der Waals surface area contributed by atoms with Crippen LogP contribution in [0.25, 0.3) is 0 Å². The summed E-state index contributed by atoms with van der Waals surface area (Å²) in [7, 11) is -0.998. The predicted octanol–water partition coefficient (Wildman–Crippen LogP) is 1.85. The van der Waals surface area contributed by atoms with Gasteiger partial charge < -0.3 is 10.1 Å². The minimum atomic E-state index is -4.07. The van der Waals surface area contributed by atoms with E-state index in [0.717, 1.165) is 17.1 Å². The van der Waals surface area contributed by atoms with Crippen LogP contribution in [-0.2, 0) is 24.3 Å². The predicted molar refractivity (Wildman–Crippen MR) is 133 cm³/mol. The summed E-state index contributed by atoms with van der Waals surface area (Å²) in [4.78, 5) is 48.2. The average Bonchev–Trinajstić information content (AvgIpc) is 2.84. The number of piperazine rings is 1. The normalized spacial score (nSPS) is 16.7. The Labute approximate surface area is 217 Å². The number of carbonyl (C=O) groups is 3. The first kappa shape index (κ1) is 26.3. The van der Waals surface area contributed by atoms with Crippen LogP contribution >= 0.6 is 11.6 Å². The monoisotopic (exact) mass is 548 g/mol. The zero-order valence-electron chi connectivity index (χ0n) is 19.8. The Bertz CT molecular complexity index is 1410. The summed E-state index contributed by atoms with van der Waals surface area (Å²) >= 11 is 6.08. The molecule has 0 spiro atoms. The zero-order valence-corrected chi connectivity index (χ0v) is 21.4. The summed E-state index contributed by atoms with van der Waals surface area (Å²) in [6, 6.07) is 5.51. The maximum absolute atomic E-state index is 12.8. The maximum Gasteiger partial charge on any atom is 0.528 e. The molecule has 1 fully saturated rings. The van der Waals surface area contributed by atoms with E-state index >= 15 is 0 Å². The van der Waals surface area contributed by atoms with E-state index in [0.29, 0.717) is 11.4 Å². The molecule has 1 aromatic carbocycles. The molecule has 13 nitrogen and oxygen atoms in total. The van der Waals surface area contributed by atoms with Crippen LogP contribution < -0.4 is 15.1 Å². The van der Waals surface area contributed by atoms with Crippen LogP contribution in [0.5, 0.6) is 0 Å². The summed E-state index contributed by atoms with van der Waals surface area (Å²) in [5, 5.41) is 4.78. The van der Waals surface area contributed by atoms with Crippen molar-refractivity contribution < 1.29 is 27.5 Å². The SMILES string of the molecule is C[N+](C)(C(=O)OC1=CCCC=C1)c1nc(Cl)nc(Nc2ccc(S(=O)(=O)N3CC(=O)NC(=O)C3)cc2)n1. The molecule has 1 aliphatic carbocycles. The number of nitrogens with one attached hydrogen (secondary N) is 2. The summed E-state index contributed by atoms with van der Waals surface area (Å²) in [6.45, 7) is -0.908. The van der Waals surface area contributed by atoms with Gasteiger partial charge >= 0.3 is 12.0 Å². The van der Waals surface area contributed by atoms with Crippen LogP contribution in [0.2, 0.25) is 5.28 Å². The van der Waals surface area contributed by atoms with Gasteiger partial charge in [0, 0.05) is 5.69 Å². The van der Waals surface area contributed by atoms with E-state index in [1.807, 2.05) is 12.2 Å². The van der Waals surface area contributed by atoms with Gasteiger partial charge in [-0.2, -0.15) is 18.6 Å². The molecule has 1 aromatic heterocycles. The molecule has 15 heteroatoms. The molecule has 2 heterocycles. The van der Waals surface area contributed by atoms with Crippen LogP contribution in [-0.4, -0.2) is 72.8 Å². The molecule has 1 aliphatic heterocycles. The number of ether oxygens (including phenoxy) is 1. The number of rotatable bonds is 6. The van der Waals surface area contributed by atoms with Crippen LogP contribution in [0, 0.1) is 0 Å². The second-order valence-corrected chi connectivity index (χ2v) is 10.8. The van der Waals surface area contributed by atoms with Gasteiger partial charge in [-0.1, -0.05) is 6.08 Å². The fourth-order valence-electron chi connectivity index (χ4n) is 3.38. The van der Waals surface area contributed by atoms with Crippen LogP contribution in [0.15, 0.2) is 53.1 Å². The van der Waals surface area contributed by atoms with Crippen molar-refractivity contribution in [2.45, 2.75) is 17.7 Å². The highest BCUT2D eigenvalue weighted by molar-refractivity contribution is 7.89. The lowest BCUT2D eigenvalue weighted by Gasteiger charge is -2.24. The molecular formula is C22H23ClN7O6S+. The van der Waals surface area contributed by atoms with Crippen molar-refractivity contribution in [3.8, 4) is 0 Å². The van der Waals surface area contributed by atoms with E-state index in [1.54, 1.807) is 6.08 Å². The minimum Gasteiger partial charge on any atom is -0.381 e. The molecule has 0 unspecified atom stereocenters. The Morgan fingerprint density at radius 3 is 2.38 bits per heavy atom. The highest BCUT2D eigenvalue weighted by Gasteiger charge is 2.37. The number of hydrogen-bond donors (Lipinski definition) is 2. The smallest absolute Gasteiger partial charge is 0.381 e. The molecule has 0 atom stereocenters. The third kappa shape index (κ3) is 5.99. The van der Waals surface area contributed by atoms with Crippen LogP contribution in [0.3, 0.4) is 0 Å². The van der Waals surface area contributed by atoms with E-state index in [4.69, 9.17) is 16.3 Å². The van der Waals surface area contributed by atoms with Crippen molar-refractivity contribution in [2.24, 2.45) is 0 Å². The number of aromatic nitrogens is 3. The first-order chi connectivity index (χ1) is 17.4. The van der Waals surface area contributed by atoms with Gasteiger partial charge in [0.25, 0.3) is 0 Å². The average molecular weight is 549 g/mol. The topological polar surface area (TPSA) is 161 Å². The lowest BCUT2D eigenvalue weighted by Crippen LogP contribution is -2.53. The number of imide groups is 1. The standard InChI is InChI=1S/C22H22ClN7O6S/c1-30(2,22(33)36-15-6-4-3-5-7-15)21-27-19(23)26-20(28-21)24-14-8-10-16(11-9-14)37(34,35)29-12-17(31)25-18(32)13-29/h4,6-11H,3,5,12-13H2,1-2H3,(H-,24,25,26,27,28,31,32)/p+1. The Balaban J connectivity index is 1.51. The molecule has 37 heavy (non-hydrogen) atoms. The fraction of sp³-hybridized carbons (Fsp3) is 0.273. The molecule has 0 radical (unpaired) electrons. The fourth-order valence-corrected chi connectivity index (χ4v) is 4.88. The molecule has 4 rings (SSSR count). The summed E-state index contributed by atoms with van der Waals surface area (Å²) in [5.74, 6) is -0.930. The number of halogens is 1. The minimum absolute atomic E-state index is 0.0136. The van der Waals surface area contributed by atoms with Gasteiger partial charge in [-0.25, -0.2) is 8.42 Å². The summed E-state index contributed by atoms with van der Waals surface area (Å²) in [5.41, 5.74) is 0.407. The first-order valence-electron chi connectivity index (χ1n) is 11.0. The van der Waals surface area contributed by atoms with E-state index in [2.05, 4.69) is 25.6 Å². The van der Waals surface area contributed by atoms with Gasteiger partial charge in [0.1, 0.15) is 5.76 Å². The number of anilines is 2. The van der Waals surface area contributed by atoms with Crippen molar-refractivity contribution in [3.63, 3.8) is 0 Å². The molecule has 3 amide bonds. The Morgan fingerprint density at radius 1 is 1.08 bits per heavy atom. The number of amides is 3. The number of quaternary nitrogens is 1. The Kier molecular flexibility index (Phi) is 7.36. The quantitative estimate of drug-likeness (QED) is 0.402. The van der Waals surface area contributed by atoms with Gasteiger partial charge in [0.05, 0.1) is 32.1 Å². The molecule has 2 aliphatic rings. The van der Waals surface area contributed by atoms with Gasteiger partial charge in [-0.15, -0.1) is 9.97 Å². The van der Waals surface area contributed by atoms with E-state index in [-0.39, 0.29) is 22.1 Å². The van der Waals surface area contributed by atoms with Crippen molar-refractivity contribution >= 4 is 57.1 Å². The first-order valence-corrected chi connectivity index (χ1v) is 12.8. The van der Waals surface area contributed by atoms with E-state index < -0.39 is 45.5 Å². The number of sulfonamides is 1. The van der Waals surface area contributed by atoms with E-state index in [1.165, 1.54) is 38.4 Å². The van der Waals surface area contributed by atoms with Crippen molar-refractivity contribution in [3.05, 3.63) is 53.5 Å². The Hall–Kier alpha value is -3.72. The second-order valence-electron chi connectivity index (χ2n) is 8.53. The molecule has 0 saturated carbocycles. The number of nitrogens with zero attached hydrogens (tertiary/aromatic N) is 5. The molecule has 1 saturated heterocycles. The highest BCUT2D eigenvalue weighted by Crippen LogP contribution is 2.24. The summed E-state index contributed by atoms with van der Waals surface area (Å²) in [6.07, 6.45) is 6.45. The number of benzene rings is 1. The van der Waals surface area contributed by atoms with Crippen LogP contribution in [0.4, 0.5) is 22.4 Å². The molecule has 2 aromatic rings. The number of allylic oxidation sites excluding steroid dienone is 3. The largest absolute Gasteiger partial charge is 0.528 e. The summed E-state index contributed by atoms with van der Waals surface area (Å²) < 4.78 is 31.4. The maximum atomic E-state index is 12.8. The zero-order chi connectivity index (χ0) is 26.8. The lowest BCUT2D eigenvalue weighted by molar-refractivity contribution is -0.134. The van der Waals surface area contributed by atoms with Gasteiger partial charge in [-0.05, 0) is 60.9 Å².